The second-order valence-corrected chi connectivity index (χ2v) is 6.63. The fraction of sp³-hybridized carbons (Fsp3) is 0.474. The molecule has 0 amide bonds. The summed E-state index contributed by atoms with van der Waals surface area (Å²) in [5, 5.41) is 13.5. The summed E-state index contributed by atoms with van der Waals surface area (Å²) in [6.45, 7) is 7.42. The van der Waals surface area contributed by atoms with E-state index in [0.29, 0.717) is 25.3 Å². The van der Waals surface area contributed by atoms with Crippen molar-refractivity contribution >= 4 is 5.97 Å². The Labute approximate surface area is 148 Å². The van der Waals surface area contributed by atoms with Gasteiger partial charge < -0.3 is 19.7 Å². The predicted molar refractivity (Wildman–Crippen MR) is 96.3 cm³/mol. The highest BCUT2D eigenvalue weighted by molar-refractivity contribution is 5.89. The van der Waals surface area contributed by atoms with E-state index in [-0.39, 0.29) is 11.5 Å². The van der Waals surface area contributed by atoms with Crippen LogP contribution in [-0.2, 0) is 16.8 Å². The number of nitrogens with one attached hydrogen (secondary N) is 1. The first-order valence-corrected chi connectivity index (χ1v) is 8.59. The molecular weight excluding hydrogens is 318 g/mol. The maximum Gasteiger partial charge on any atom is 0.338 e. The number of carbonyl (C=O) groups excluding carboxylic acids is 1. The third kappa shape index (κ3) is 5.69. The van der Waals surface area contributed by atoms with Gasteiger partial charge in [0.05, 0.1) is 31.1 Å². The number of aliphatic hydroxyl groups is 1. The van der Waals surface area contributed by atoms with Crippen molar-refractivity contribution in [3.05, 3.63) is 54.1 Å². The van der Waals surface area contributed by atoms with E-state index in [1.165, 1.54) is 0 Å². The lowest BCUT2D eigenvalue weighted by atomic mass is 9.93. The molecule has 0 saturated heterocycles. The molecule has 0 aliphatic heterocycles. The molecule has 2 aromatic rings. The van der Waals surface area contributed by atoms with Gasteiger partial charge in [-0.3, -0.25) is 0 Å². The number of aromatic nitrogens is 2. The molecule has 0 radical (unpaired) electrons. The number of aliphatic hydroxyl groups excluding tert-OH is 1. The van der Waals surface area contributed by atoms with Crippen molar-refractivity contribution in [3.63, 3.8) is 0 Å². The zero-order chi connectivity index (χ0) is 18.3. The largest absolute Gasteiger partial charge is 0.462 e. The van der Waals surface area contributed by atoms with Crippen molar-refractivity contribution in [2.24, 2.45) is 0 Å². The first kappa shape index (κ1) is 19.1. The maximum absolute atomic E-state index is 11.9. The number of benzene rings is 1. The van der Waals surface area contributed by atoms with E-state index in [1.807, 2.05) is 43.7 Å². The number of ether oxygens (including phenoxy) is 1. The third-order valence-corrected chi connectivity index (χ3v) is 4.04. The highest BCUT2D eigenvalue weighted by atomic mass is 16.5. The van der Waals surface area contributed by atoms with Crippen LogP contribution in [0.15, 0.2) is 43.0 Å². The van der Waals surface area contributed by atoms with Crippen LogP contribution in [0.5, 0.6) is 0 Å². The first-order chi connectivity index (χ1) is 11.9. The molecule has 0 aliphatic rings. The Balaban J connectivity index is 1.90. The minimum atomic E-state index is -0.517. The summed E-state index contributed by atoms with van der Waals surface area (Å²) in [5.41, 5.74) is 1.25. The Kier molecular flexibility index (Phi) is 6.73. The van der Waals surface area contributed by atoms with Gasteiger partial charge in [0.2, 0.25) is 0 Å². The lowest BCUT2D eigenvalue weighted by Gasteiger charge is -2.28. The minimum Gasteiger partial charge on any atom is -0.462 e. The van der Waals surface area contributed by atoms with Crippen molar-refractivity contribution in [2.75, 3.05) is 13.2 Å². The van der Waals surface area contributed by atoms with Crippen LogP contribution in [0, 0.1) is 0 Å². The van der Waals surface area contributed by atoms with Crippen LogP contribution in [-0.4, -0.2) is 39.9 Å². The molecular formula is C19H27N3O3. The quantitative estimate of drug-likeness (QED) is 0.682. The van der Waals surface area contributed by atoms with Crippen molar-refractivity contribution in [2.45, 2.75) is 45.4 Å². The molecule has 0 fully saturated rings. The number of rotatable bonds is 9. The topological polar surface area (TPSA) is 76.4 Å². The van der Waals surface area contributed by atoms with E-state index >= 15 is 0 Å². The van der Waals surface area contributed by atoms with E-state index in [0.717, 1.165) is 12.0 Å². The van der Waals surface area contributed by atoms with E-state index < -0.39 is 6.10 Å². The van der Waals surface area contributed by atoms with Gasteiger partial charge in [-0.15, -0.1) is 0 Å². The molecule has 6 nitrogen and oxygen atoms in total. The Bertz CT molecular complexity index is 651. The summed E-state index contributed by atoms with van der Waals surface area (Å²) in [7, 11) is 0. The van der Waals surface area contributed by atoms with Crippen LogP contribution in [0.1, 0.15) is 43.1 Å². The van der Waals surface area contributed by atoms with Crippen molar-refractivity contribution in [1.29, 1.82) is 0 Å². The van der Waals surface area contributed by atoms with Gasteiger partial charge in [-0.1, -0.05) is 19.1 Å². The van der Waals surface area contributed by atoms with Crippen LogP contribution >= 0.6 is 0 Å². The van der Waals surface area contributed by atoms with Crippen LogP contribution in [0.3, 0.4) is 0 Å². The van der Waals surface area contributed by atoms with Gasteiger partial charge in [0, 0.05) is 24.5 Å². The van der Waals surface area contributed by atoms with Crippen molar-refractivity contribution in [1.82, 2.24) is 14.9 Å². The number of hydrogen-bond acceptors (Lipinski definition) is 5. The predicted octanol–water partition coefficient (Wildman–Crippen LogP) is 2.34. The zero-order valence-corrected chi connectivity index (χ0v) is 15.1. The van der Waals surface area contributed by atoms with Crippen LogP contribution in [0.25, 0.3) is 0 Å². The maximum atomic E-state index is 11.9. The first-order valence-electron chi connectivity index (χ1n) is 8.59. The smallest absolute Gasteiger partial charge is 0.338 e. The third-order valence-electron chi connectivity index (χ3n) is 4.04. The molecule has 1 unspecified atom stereocenters. The molecule has 1 aromatic heterocycles. The highest BCUT2D eigenvalue weighted by Crippen LogP contribution is 2.20. The Morgan fingerprint density at radius 3 is 2.68 bits per heavy atom. The highest BCUT2D eigenvalue weighted by Gasteiger charge is 2.21. The Hall–Kier alpha value is -2.18. The number of carbonyl (C=O) groups is 1. The summed E-state index contributed by atoms with van der Waals surface area (Å²) in [4.78, 5) is 15.8. The Morgan fingerprint density at radius 1 is 1.36 bits per heavy atom. The standard InChI is InChI=1S/C19H27N3O3/c1-4-11-25-18(24)15-5-7-16(8-6-15)19(2,3)21-12-17(23)13-22-10-9-20-14-22/h5-10,14,17,21,23H,4,11-13H2,1-3H3. The summed E-state index contributed by atoms with van der Waals surface area (Å²) in [6, 6.07) is 7.38. The Morgan fingerprint density at radius 2 is 2.08 bits per heavy atom. The van der Waals surface area contributed by atoms with Crippen LogP contribution in [0.4, 0.5) is 0 Å². The molecule has 0 aliphatic carbocycles. The lowest BCUT2D eigenvalue weighted by Crippen LogP contribution is -2.42. The molecule has 1 aromatic carbocycles. The molecule has 0 spiro atoms. The van der Waals surface area contributed by atoms with Gasteiger partial charge in [-0.2, -0.15) is 0 Å². The fourth-order valence-electron chi connectivity index (χ4n) is 2.48. The van der Waals surface area contributed by atoms with Gasteiger partial charge in [0.25, 0.3) is 0 Å². The fourth-order valence-corrected chi connectivity index (χ4v) is 2.48. The average Bonchev–Trinajstić information content (AvgIpc) is 3.11. The molecule has 25 heavy (non-hydrogen) atoms. The van der Waals surface area contributed by atoms with E-state index in [9.17, 15) is 9.90 Å². The molecule has 6 heteroatoms. The molecule has 0 saturated carbocycles. The van der Waals surface area contributed by atoms with Crippen molar-refractivity contribution in [3.8, 4) is 0 Å². The van der Waals surface area contributed by atoms with Gasteiger partial charge >= 0.3 is 5.97 Å². The molecule has 0 bridgehead atoms. The molecule has 2 N–H and O–H groups in total. The molecule has 1 atom stereocenters. The second-order valence-electron chi connectivity index (χ2n) is 6.63. The van der Waals surface area contributed by atoms with E-state index in [2.05, 4.69) is 10.3 Å². The van der Waals surface area contributed by atoms with E-state index in [1.54, 1.807) is 24.7 Å². The monoisotopic (exact) mass is 345 g/mol. The van der Waals surface area contributed by atoms with Gasteiger partial charge in [0.1, 0.15) is 0 Å². The van der Waals surface area contributed by atoms with Crippen LogP contribution in [0.2, 0.25) is 0 Å². The average molecular weight is 345 g/mol. The van der Waals surface area contributed by atoms with Gasteiger partial charge in [0.15, 0.2) is 0 Å². The zero-order valence-electron chi connectivity index (χ0n) is 15.1. The second kappa shape index (κ2) is 8.78. The summed E-state index contributed by atoms with van der Waals surface area (Å²) < 4.78 is 6.98. The molecule has 1 heterocycles. The van der Waals surface area contributed by atoms with Gasteiger partial charge in [-0.25, -0.2) is 9.78 Å². The number of hydrogen-bond donors (Lipinski definition) is 2. The summed E-state index contributed by atoms with van der Waals surface area (Å²) in [5.74, 6) is -0.296. The normalized spacial score (nSPS) is 12.8. The lowest BCUT2D eigenvalue weighted by molar-refractivity contribution is 0.0505. The summed E-state index contributed by atoms with van der Waals surface area (Å²) in [6.07, 6.45) is 5.49. The van der Waals surface area contributed by atoms with Crippen molar-refractivity contribution < 1.29 is 14.6 Å². The number of imidazole rings is 1. The van der Waals surface area contributed by atoms with Crippen LogP contribution < -0.4 is 5.32 Å². The summed E-state index contributed by atoms with van der Waals surface area (Å²) >= 11 is 0. The van der Waals surface area contributed by atoms with E-state index in [4.69, 9.17) is 4.74 Å². The number of nitrogens with zero attached hydrogens (tertiary/aromatic N) is 2. The minimum absolute atomic E-state index is 0.296. The molecule has 136 valence electrons. The molecule has 2 rings (SSSR count). The SMILES string of the molecule is CCCOC(=O)c1ccc(C(C)(C)NCC(O)Cn2ccnc2)cc1. The van der Waals surface area contributed by atoms with Gasteiger partial charge in [-0.05, 0) is 38.0 Å². The number of esters is 1.